The fourth-order valence-corrected chi connectivity index (χ4v) is 1.53. The number of aromatic nitrogens is 2. The van der Waals surface area contributed by atoms with E-state index in [1.54, 1.807) is 36.7 Å². The van der Waals surface area contributed by atoms with Crippen molar-refractivity contribution in [2.24, 2.45) is 5.10 Å². The van der Waals surface area contributed by atoms with Gasteiger partial charge in [-0.15, -0.1) is 0 Å². The van der Waals surface area contributed by atoms with E-state index in [1.807, 2.05) is 6.92 Å². The number of hydrogen-bond acceptors (Lipinski definition) is 4. The molecule has 0 aliphatic carbocycles. The molecule has 2 aromatic rings. The van der Waals surface area contributed by atoms with Gasteiger partial charge in [0.2, 0.25) is 5.95 Å². The fraction of sp³-hybridized carbons (Fsp3) is 0.231. The lowest BCUT2D eigenvalue weighted by molar-refractivity contribution is 0.0819. The second-order valence-electron chi connectivity index (χ2n) is 4.10. The first-order valence-electron chi connectivity index (χ1n) is 5.91. The van der Waals surface area contributed by atoms with Gasteiger partial charge in [-0.2, -0.15) is 5.10 Å². The van der Waals surface area contributed by atoms with Crippen LogP contribution in [-0.4, -0.2) is 28.9 Å². The van der Waals surface area contributed by atoms with Crippen molar-refractivity contribution in [3.63, 3.8) is 0 Å². The Morgan fingerprint density at radius 3 is 2.65 bits per heavy atom. The largest absolute Gasteiger partial charge is 0.488 e. The Balaban J connectivity index is 2.01. The number of ether oxygens (including phenoxy) is 1. The number of hydrogen-bond donors (Lipinski definition) is 1. The lowest BCUT2D eigenvalue weighted by Gasteiger charge is -2.04. The zero-order chi connectivity index (χ0) is 14.5. The quantitative estimate of drug-likeness (QED) is 0.855. The molecule has 0 amide bonds. The van der Waals surface area contributed by atoms with Crippen LogP contribution in [0.4, 0.5) is 14.7 Å². The first kappa shape index (κ1) is 14.0. The Kier molecular flexibility index (Phi) is 4.29. The van der Waals surface area contributed by atoms with Gasteiger partial charge in [-0.05, 0) is 36.8 Å². The van der Waals surface area contributed by atoms with Gasteiger partial charge in [-0.25, -0.2) is 18.4 Å². The van der Waals surface area contributed by atoms with Gasteiger partial charge in [-0.3, -0.25) is 0 Å². The van der Waals surface area contributed by atoms with E-state index in [1.165, 1.54) is 4.68 Å². The van der Waals surface area contributed by atoms with Crippen LogP contribution in [0.15, 0.2) is 35.6 Å². The monoisotopic (exact) mass is 280 g/mol. The smallest absolute Gasteiger partial charge is 0.272 e. The first-order chi connectivity index (χ1) is 9.54. The van der Waals surface area contributed by atoms with Crippen molar-refractivity contribution < 1.29 is 13.5 Å². The number of nitrogens with zero attached hydrogens (tertiary/aromatic N) is 3. The molecule has 7 heteroatoms. The summed E-state index contributed by atoms with van der Waals surface area (Å²) in [5.41, 5.74) is 7.21. The molecular formula is C13H14F2N4O. The molecule has 0 aliphatic rings. The van der Waals surface area contributed by atoms with Crippen molar-refractivity contribution in [2.45, 2.75) is 13.3 Å². The maximum absolute atomic E-state index is 12.0. The third-order valence-corrected chi connectivity index (χ3v) is 2.42. The van der Waals surface area contributed by atoms with Crippen LogP contribution < -0.4 is 10.5 Å². The SMILES string of the molecule is Cc1cn(N=Cc2ccc(OCC(F)F)cc2)c(N)n1. The molecule has 1 heterocycles. The molecule has 0 unspecified atom stereocenters. The van der Waals surface area contributed by atoms with Gasteiger partial charge < -0.3 is 10.5 Å². The summed E-state index contributed by atoms with van der Waals surface area (Å²) in [5, 5.41) is 4.14. The third-order valence-electron chi connectivity index (χ3n) is 2.42. The maximum atomic E-state index is 12.0. The molecule has 0 aliphatic heterocycles. The molecule has 0 atom stereocenters. The molecular weight excluding hydrogens is 266 g/mol. The normalized spacial score (nSPS) is 11.4. The zero-order valence-corrected chi connectivity index (χ0v) is 10.8. The molecule has 2 rings (SSSR count). The molecule has 0 saturated carbocycles. The Morgan fingerprint density at radius 2 is 2.10 bits per heavy atom. The van der Waals surface area contributed by atoms with Crippen molar-refractivity contribution in [1.82, 2.24) is 9.66 Å². The Hall–Kier alpha value is -2.44. The molecule has 1 aromatic heterocycles. The molecule has 0 radical (unpaired) electrons. The van der Waals surface area contributed by atoms with Crippen LogP contribution in [-0.2, 0) is 0 Å². The van der Waals surface area contributed by atoms with Crippen LogP contribution in [0.5, 0.6) is 5.75 Å². The lowest BCUT2D eigenvalue weighted by atomic mass is 10.2. The van der Waals surface area contributed by atoms with Crippen LogP contribution in [0.3, 0.4) is 0 Å². The number of nitrogens with two attached hydrogens (primary N) is 1. The summed E-state index contributed by atoms with van der Waals surface area (Å²) in [6, 6.07) is 6.63. The van der Waals surface area contributed by atoms with E-state index in [2.05, 4.69) is 10.1 Å². The van der Waals surface area contributed by atoms with Gasteiger partial charge in [0.05, 0.1) is 18.1 Å². The van der Waals surface area contributed by atoms with Gasteiger partial charge in [0.25, 0.3) is 6.43 Å². The molecule has 0 bridgehead atoms. The maximum Gasteiger partial charge on any atom is 0.272 e. The molecule has 5 nitrogen and oxygen atoms in total. The minimum absolute atomic E-state index is 0.302. The highest BCUT2D eigenvalue weighted by atomic mass is 19.3. The van der Waals surface area contributed by atoms with Crippen LogP contribution in [0.25, 0.3) is 0 Å². The average Bonchev–Trinajstić information content (AvgIpc) is 2.73. The molecule has 1 aromatic carbocycles. The van der Waals surface area contributed by atoms with Gasteiger partial charge in [0.15, 0.2) is 0 Å². The number of alkyl halides is 2. The summed E-state index contributed by atoms with van der Waals surface area (Å²) < 4.78 is 30.3. The highest BCUT2D eigenvalue weighted by Gasteiger charge is 2.03. The molecule has 106 valence electrons. The van der Waals surface area contributed by atoms with E-state index in [4.69, 9.17) is 10.5 Å². The number of rotatable bonds is 5. The summed E-state index contributed by atoms with van der Waals surface area (Å²) in [6.07, 6.45) is 0.809. The fourth-order valence-electron chi connectivity index (χ4n) is 1.53. The van der Waals surface area contributed by atoms with Crippen LogP contribution in [0, 0.1) is 6.92 Å². The summed E-state index contributed by atoms with van der Waals surface area (Å²) in [6.45, 7) is 1.20. The average molecular weight is 280 g/mol. The second-order valence-corrected chi connectivity index (χ2v) is 4.10. The van der Waals surface area contributed by atoms with Gasteiger partial charge in [0.1, 0.15) is 12.4 Å². The zero-order valence-electron chi connectivity index (χ0n) is 10.8. The lowest BCUT2D eigenvalue weighted by Crippen LogP contribution is -2.06. The number of nitrogen functional groups attached to an aromatic ring is 1. The van der Waals surface area contributed by atoms with Crippen molar-refractivity contribution in [2.75, 3.05) is 12.3 Å². The Bertz CT molecular complexity index is 593. The standard InChI is InChI=1S/C13H14F2N4O/c1-9-7-19(13(16)18-9)17-6-10-2-4-11(5-3-10)20-8-12(14)15/h2-7,12H,8H2,1H3,(H2,16,18). The van der Waals surface area contributed by atoms with Crippen molar-refractivity contribution in [1.29, 1.82) is 0 Å². The Labute approximate surface area is 114 Å². The van der Waals surface area contributed by atoms with Crippen LogP contribution >= 0.6 is 0 Å². The Morgan fingerprint density at radius 1 is 1.40 bits per heavy atom. The number of imidazole rings is 1. The second kappa shape index (κ2) is 6.14. The van der Waals surface area contributed by atoms with Crippen molar-refractivity contribution in [3.8, 4) is 5.75 Å². The van der Waals surface area contributed by atoms with E-state index in [0.717, 1.165) is 11.3 Å². The first-order valence-corrected chi connectivity index (χ1v) is 5.91. The van der Waals surface area contributed by atoms with Crippen LogP contribution in [0.1, 0.15) is 11.3 Å². The molecule has 0 fully saturated rings. The molecule has 0 saturated heterocycles. The van der Waals surface area contributed by atoms with Gasteiger partial charge >= 0.3 is 0 Å². The predicted molar refractivity (Wildman–Crippen MR) is 72.3 cm³/mol. The minimum Gasteiger partial charge on any atom is -0.488 e. The van der Waals surface area contributed by atoms with Gasteiger partial charge in [0, 0.05) is 0 Å². The van der Waals surface area contributed by atoms with Crippen LogP contribution in [0.2, 0.25) is 0 Å². The molecule has 2 N–H and O–H groups in total. The summed E-state index contributed by atoms with van der Waals surface area (Å²) in [5.74, 6) is 0.691. The van der Waals surface area contributed by atoms with Gasteiger partial charge in [-0.1, -0.05) is 0 Å². The minimum atomic E-state index is -2.48. The topological polar surface area (TPSA) is 65.4 Å². The predicted octanol–water partition coefficient (Wildman–Crippen LogP) is 2.30. The van der Waals surface area contributed by atoms with Crippen molar-refractivity contribution in [3.05, 3.63) is 41.7 Å². The number of benzene rings is 1. The highest BCUT2D eigenvalue weighted by Crippen LogP contribution is 2.12. The molecule has 0 spiro atoms. The summed E-state index contributed by atoms with van der Waals surface area (Å²) >= 11 is 0. The van der Waals surface area contributed by atoms with Crippen molar-refractivity contribution >= 4 is 12.2 Å². The highest BCUT2D eigenvalue weighted by molar-refractivity contribution is 5.79. The van der Waals surface area contributed by atoms with E-state index in [0.29, 0.717) is 11.7 Å². The summed E-state index contributed by atoms with van der Waals surface area (Å²) in [4.78, 5) is 4.01. The van der Waals surface area contributed by atoms with E-state index >= 15 is 0 Å². The van der Waals surface area contributed by atoms with E-state index in [-0.39, 0.29) is 0 Å². The van der Waals surface area contributed by atoms with E-state index in [9.17, 15) is 8.78 Å². The summed E-state index contributed by atoms with van der Waals surface area (Å²) in [7, 11) is 0. The molecule has 20 heavy (non-hydrogen) atoms. The number of anilines is 1. The number of halogens is 2. The third kappa shape index (κ3) is 3.78. The van der Waals surface area contributed by atoms with E-state index < -0.39 is 13.0 Å². The number of aryl methyl sites for hydroxylation is 1.